The third-order valence-corrected chi connectivity index (χ3v) is 4.18. The van der Waals surface area contributed by atoms with Crippen molar-refractivity contribution in [3.63, 3.8) is 0 Å². The van der Waals surface area contributed by atoms with E-state index in [9.17, 15) is 5.11 Å². The van der Waals surface area contributed by atoms with Gasteiger partial charge in [0.2, 0.25) is 0 Å². The summed E-state index contributed by atoms with van der Waals surface area (Å²) in [7, 11) is 0. The molecule has 1 aliphatic rings. The number of H-pyrrole nitrogens is 1. The Morgan fingerprint density at radius 2 is 2.20 bits per heavy atom. The fourth-order valence-corrected chi connectivity index (χ4v) is 3.02. The summed E-state index contributed by atoms with van der Waals surface area (Å²) in [5.74, 6) is 0. The van der Waals surface area contributed by atoms with Crippen LogP contribution in [0.3, 0.4) is 0 Å². The first-order valence-corrected chi connectivity index (χ1v) is 7.27. The van der Waals surface area contributed by atoms with Crippen molar-refractivity contribution in [2.45, 2.75) is 37.8 Å². The summed E-state index contributed by atoms with van der Waals surface area (Å²) in [5.41, 5.74) is 2.75. The fourth-order valence-electron chi connectivity index (χ4n) is 3.02. The number of aliphatic hydroxyl groups excluding tert-OH is 1. The first-order chi connectivity index (χ1) is 9.61. The smallest absolute Gasteiger partial charge is 0.0973 e. The van der Waals surface area contributed by atoms with Gasteiger partial charge in [0.05, 0.1) is 12.2 Å². The minimum atomic E-state index is -1.07. The van der Waals surface area contributed by atoms with E-state index in [0.717, 1.165) is 19.3 Å². The number of rotatable bonds is 4. The van der Waals surface area contributed by atoms with E-state index in [1.54, 1.807) is 6.92 Å². The maximum atomic E-state index is 9.92. The summed E-state index contributed by atoms with van der Waals surface area (Å²) >= 11 is 0. The summed E-state index contributed by atoms with van der Waals surface area (Å²) in [6.45, 7) is 1.81. The van der Waals surface area contributed by atoms with Crippen LogP contribution >= 0.6 is 0 Å². The van der Waals surface area contributed by atoms with Crippen molar-refractivity contribution in [2.24, 2.45) is 0 Å². The first kappa shape index (κ1) is 13.6. The van der Waals surface area contributed by atoms with Crippen molar-refractivity contribution in [3.05, 3.63) is 35.5 Å². The Labute approximate surface area is 118 Å². The molecule has 2 unspecified atom stereocenters. The molecule has 2 aromatic rings. The van der Waals surface area contributed by atoms with Gasteiger partial charge in [0.15, 0.2) is 0 Å². The Kier molecular flexibility index (Phi) is 3.54. The molecule has 0 spiro atoms. The van der Waals surface area contributed by atoms with Crippen LogP contribution in [0.15, 0.2) is 24.3 Å². The third kappa shape index (κ3) is 2.46. The third-order valence-electron chi connectivity index (χ3n) is 4.18. The average Bonchev–Trinajstić information content (AvgIpc) is 2.84. The maximum absolute atomic E-state index is 9.92. The second-order valence-corrected chi connectivity index (χ2v) is 6.04. The zero-order valence-corrected chi connectivity index (χ0v) is 11.8. The van der Waals surface area contributed by atoms with Gasteiger partial charge in [0.25, 0.3) is 0 Å². The van der Waals surface area contributed by atoms with E-state index in [2.05, 4.69) is 28.5 Å². The van der Waals surface area contributed by atoms with Crippen molar-refractivity contribution in [2.75, 3.05) is 13.2 Å². The standard InChI is InChI=1S/C16H22N2O2/c1-16(20,10-19)9-17-14-8-4-6-12-11-5-2-3-7-13(11)18-15(12)14/h2-3,5,7,14,17-20H,4,6,8-10H2,1H3. The SMILES string of the molecule is CC(O)(CO)CNC1CCCc2c1[nH]c1ccccc21. The van der Waals surface area contributed by atoms with E-state index in [0.29, 0.717) is 6.54 Å². The molecule has 2 atom stereocenters. The van der Waals surface area contributed by atoms with E-state index in [1.807, 2.05) is 6.07 Å². The Morgan fingerprint density at radius 3 is 3.00 bits per heavy atom. The van der Waals surface area contributed by atoms with E-state index >= 15 is 0 Å². The lowest BCUT2D eigenvalue weighted by atomic mass is 9.91. The number of hydrogen-bond donors (Lipinski definition) is 4. The van der Waals surface area contributed by atoms with Gasteiger partial charge in [0.1, 0.15) is 0 Å². The first-order valence-electron chi connectivity index (χ1n) is 7.27. The number of fused-ring (bicyclic) bond motifs is 3. The molecule has 108 valence electrons. The van der Waals surface area contributed by atoms with Gasteiger partial charge in [0, 0.05) is 29.2 Å². The predicted octanol–water partition coefficient (Wildman–Crippen LogP) is 1.88. The molecular formula is C16H22N2O2. The molecule has 1 aliphatic carbocycles. The van der Waals surface area contributed by atoms with Crippen LogP contribution in [0.2, 0.25) is 0 Å². The predicted molar refractivity (Wildman–Crippen MR) is 79.7 cm³/mol. The summed E-state index contributed by atoms with van der Waals surface area (Å²) in [6, 6.07) is 8.61. The van der Waals surface area contributed by atoms with Crippen LogP contribution in [0.4, 0.5) is 0 Å². The normalized spacial score (nSPS) is 21.6. The van der Waals surface area contributed by atoms with Crippen molar-refractivity contribution in [1.29, 1.82) is 0 Å². The number of aromatic nitrogens is 1. The molecular weight excluding hydrogens is 252 g/mol. The Bertz CT molecular complexity index is 604. The molecule has 4 nitrogen and oxygen atoms in total. The van der Waals surface area contributed by atoms with Crippen LogP contribution in [0.5, 0.6) is 0 Å². The molecule has 0 saturated carbocycles. The lowest BCUT2D eigenvalue weighted by Gasteiger charge is -2.28. The van der Waals surface area contributed by atoms with Crippen LogP contribution < -0.4 is 5.32 Å². The van der Waals surface area contributed by atoms with Gasteiger partial charge in [-0.05, 0) is 37.8 Å². The fraction of sp³-hybridized carbons (Fsp3) is 0.500. The molecule has 3 rings (SSSR count). The molecule has 0 bridgehead atoms. The molecule has 1 aromatic carbocycles. The lowest BCUT2D eigenvalue weighted by Crippen LogP contribution is -2.42. The molecule has 0 aliphatic heterocycles. The van der Waals surface area contributed by atoms with Crippen LogP contribution in [-0.2, 0) is 6.42 Å². The van der Waals surface area contributed by atoms with E-state index < -0.39 is 5.60 Å². The Morgan fingerprint density at radius 1 is 1.40 bits per heavy atom. The number of para-hydroxylation sites is 1. The molecule has 20 heavy (non-hydrogen) atoms. The van der Waals surface area contributed by atoms with Gasteiger partial charge in [-0.15, -0.1) is 0 Å². The number of aliphatic hydroxyl groups is 2. The molecule has 0 saturated heterocycles. The Hall–Kier alpha value is -1.36. The highest BCUT2D eigenvalue weighted by Gasteiger charge is 2.26. The quantitative estimate of drug-likeness (QED) is 0.688. The molecule has 1 aromatic heterocycles. The summed E-state index contributed by atoms with van der Waals surface area (Å²) in [4.78, 5) is 3.51. The minimum absolute atomic E-state index is 0.226. The lowest BCUT2D eigenvalue weighted by molar-refractivity contribution is 0.000226. The second-order valence-electron chi connectivity index (χ2n) is 6.04. The van der Waals surface area contributed by atoms with Gasteiger partial charge < -0.3 is 20.5 Å². The van der Waals surface area contributed by atoms with Crippen LogP contribution in [0, 0.1) is 0 Å². The van der Waals surface area contributed by atoms with Gasteiger partial charge in [-0.3, -0.25) is 0 Å². The summed E-state index contributed by atoms with van der Waals surface area (Å²) in [5, 5.41) is 23.8. The molecule has 1 heterocycles. The molecule has 0 fully saturated rings. The van der Waals surface area contributed by atoms with Crippen LogP contribution in [0.1, 0.15) is 37.1 Å². The number of aromatic amines is 1. The van der Waals surface area contributed by atoms with E-state index in [4.69, 9.17) is 5.11 Å². The molecule has 0 amide bonds. The largest absolute Gasteiger partial charge is 0.393 e. The van der Waals surface area contributed by atoms with E-state index in [1.165, 1.54) is 22.2 Å². The monoisotopic (exact) mass is 274 g/mol. The highest BCUT2D eigenvalue weighted by Crippen LogP contribution is 2.34. The molecule has 4 N–H and O–H groups in total. The zero-order chi connectivity index (χ0) is 14.2. The van der Waals surface area contributed by atoms with Gasteiger partial charge >= 0.3 is 0 Å². The average molecular weight is 274 g/mol. The van der Waals surface area contributed by atoms with Crippen molar-refractivity contribution in [1.82, 2.24) is 10.3 Å². The van der Waals surface area contributed by atoms with Gasteiger partial charge in [-0.1, -0.05) is 18.2 Å². The number of aryl methyl sites for hydroxylation is 1. The summed E-state index contributed by atoms with van der Waals surface area (Å²) < 4.78 is 0. The number of hydrogen-bond acceptors (Lipinski definition) is 3. The van der Waals surface area contributed by atoms with Gasteiger partial charge in [-0.2, -0.15) is 0 Å². The molecule has 0 radical (unpaired) electrons. The minimum Gasteiger partial charge on any atom is -0.393 e. The topological polar surface area (TPSA) is 68.3 Å². The van der Waals surface area contributed by atoms with Gasteiger partial charge in [-0.25, -0.2) is 0 Å². The van der Waals surface area contributed by atoms with Crippen LogP contribution in [-0.4, -0.2) is 33.9 Å². The Balaban J connectivity index is 1.86. The highest BCUT2D eigenvalue weighted by atomic mass is 16.3. The van der Waals surface area contributed by atoms with E-state index in [-0.39, 0.29) is 12.6 Å². The maximum Gasteiger partial charge on any atom is 0.0973 e. The molecule has 4 heteroatoms. The number of benzene rings is 1. The van der Waals surface area contributed by atoms with Crippen molar-refractivity contribution < 1.29 is 10.2 Å². The summed E-state index contributed by atoms with van der Waals surface area (Å²) in [6.07, 6.45) is 3.31. The van der Waals surface area contributed by atoms with Crippen molar-refractivity contribution in [3.8, 4) is 0 Å². The van der Waals surface area contributed by atoms with Crippen LogP contribution in [0.25, 0.3) is 10.9 Å². The van der Waals surface area contributed by atoms with Crippen molar-refractivity contribution >= 4 is 10.9 Å². The number of nitrogens with one attached hydrogen (secondary N) is 2. The second kappa shape index (κ2) is 5.20. The highest BCUT2D eigenvalue weighted by molar-refractivity contribution is 5.85. The zero-order valence-electron chi connectivity index (χ0n) is 11.8.